The summed E-state index contributed by atoms with van der Waals surface area (Å²) in [5.74, 6) is 0.140. The van der Waals surface area contributed by atoms with Gasteiger partial charge in [0.15, 0.2) is 0 Å². The van der Waals surface area contributed by atoms with E-state index < -0.39 is 0 Å². The predicted molar refractivity (Wildman–Crippen MR) is 83.5 cm³/mol. The second-order valence-corrected chi connectivity index (χ2v) is 4.92. The molecule has 1 aromatic carbocycles. The number of hydrogen-bond acceptors (Lipinski definition) is 4. The minimum atomic E-state index is -0.366. The molecule has 0 saturated heterocycles. The van der Waals surface area contributed by atoms with E-state index in [-0.39, 0.29) is 11.5 Å². The molecule has 21 heavy (non-hydrogen) atoms. The first-order chi connectivity index (χ1) is 10.1. The van der Waals surface area contributed by atoms with Crippen LogP contribution in [0.15, 0.2) is 39.5 Å². The summed E-state index contributed by atoms with van der Waals surface area (Å²) >= 11 is 0. The van der Waals surface area contributed by atoms with Gasteiger partial charge >= 0.3 is 5.63 Å². The van der Waals surface area contributed by atoms with Crippen LogP contribution in [0.1, 0.15) is 19.8 Å². The number of amides is 1. The Balaban J connectivity index is 1.98. The molecule has 0 spiro atoms. The van der Waals surface area contributed by atoms with E-state index in [0.717, 1.165) is 17.5 Å². The number of carbonyl (C=O) groups excluding carboxylic acids is 1. The van der Waals surface area contributed by atoms with Gasteiger partial charge < -0.3 is 14.6 Å². The normalized spacial score (nSPS) is 10.6. The molecule has 112 valence electrons. The van der Waals surface area contributed by atoms with Crippen molar-refractivity contribution in [3.8, 4) is 0 Å². The molecule has 0 unspecified atom stereocenters. The van der Waals surface area contributed by atoms with E-state index in [1.54, 1.807) is 18.0 Å². The molecule has 0 aliphatic rings. The number of anilines is 1. The monoisotopic (exact) mass is 288 g/mol. The molecule has 2 rings (SSSR count). The zero-order chi connectivity index (χ0) is 15.2. The number of para-hydroxylation sites is 1. The van der Waals surface area contributed by atoms with Crippen LogP contribution in [0.2, 0.25) is 0 Å². The standard InChI is InChI=1S/C16H20N2O3/c1-3-15(19)18(2)10-6-9-17-13-11-16(20)21-14-8-5-4-7-12(13)14/h4-5,7-8,11,17H,3,6,9-10H2,1-2H3. The lowest BCUT2D eigenvalue weighted by Crippen LogP contribution is -2.28. The maximum absolute atomic E-state index is 11.5. The zero-order valence-corrected chi connectivity index (χ0v) is 12.4. The van der Waals surface area contributed by atoms with Crippen LogP contribution in [-0.2, 0) is 4.79 Å². The van der Waals surface area contributed by atoms with Gasteiger partial charge in [-0.2, -0.15) is 0 Å². The lowest BCUT2D eigenvalue weighted by atomic mass is 10.2. The van der Waals surface area contributed by atoms with Crippen molar-refractivity contribution in [3.63, 3.8) is 0 Å². The predicted octanol–water partition coefficient (Wildman–Crippen LogP) is 2.46. The van der Waals surface area contributed by atoms with Crippen LogP contribution in [0.5, 0.6) is 0 Å². The van der Waals surface area contributed by atoms with Crippen LogP contribution in [0.25, 0.3) is 11.0 Å². The molecule has 2 aromatic rings. The molecule has 0 aliphatic carbocycles. The van der Waals surface area contributed by atoms with Crippen molar-refractivity contribution in [2.75, 3.05) is 25.5 Å². The summed E-state index contributed by atoms with van der Waals surface area (Å²) in [5.41, 5.74) is 0.978. The molecule has 1 heterocycles. The van der Waals surface area contributed by atoms with Crippen molar-refractivity contribution < 1.29 is 9.21 Å². The summed E-state index contributed by atoms with van der Waals surface area (Å²) in [6, 6.07) is 8.88. The molecule has 0 fully saturated rings. The van der Waals surface area contributed by atoms with Crippen LogP contribution < -0.4 is 10.9 Å². The summed E-state index contributed by atoms with van der Waals surface area (Å²) in [4.78, 5) is 24.7. The first-order valence-electron chi connectivity index (χ1n) is 7.12. The van der Waals surface area contributed by atoms with Crippen molar-refractivity contribution in [2.45, 2.75) is 19.8 Å². The quantitative estimate of drug-likeness (QED) is 0.655. The van der Waals surface area contributed by atoms with Crippen molar-refractivity contribution in [1.29, 1.82) is 0 Å². The number of benzene rings is 1. The van der Waals surface area contributed by atoms with Gasteiger partial charge in [0.25, 0.3) is 0 Å². The Hall–Kier alpha value is -2.30. The fraction of sp³-hybridized carbons (Fsp3) is 0.375. The van der Waals surface area contributed by atoms with Crippen molar-refractivity contribution in [3.05, 3.63) is 40.8 Å². The molecule has 0 saturated carbocycles. The van der Waals surface area contributed by atoms with Gasteiger partial charge in [-0.05, 0) is 18.6 Å². The molecule has 1 amide bonds. The minimum Gasteiger partial charge on any atom is -0.423 e. The fourth-order valence-electron chi connectivity index (χ4n) is 2.19. The first-order valence-corrected chi connectivity index (χ1v) is 7.12. The Morgan fingerprint density at radius 3 is 2.86 bits per heavy atom. The summed E-state index contributed by atoms with van der Waals surface area (Å²) < 4.78 is 5.14. The van der Waals surface area contributed by atoms with Gasteiger partial charge in [0.2, 0.25) is 5.91 Å². The third-order valence-electron chi connectivity index (χ3n) is 3.36. The smallest absolute Gasteiger partial charge is 0.338 e. The molecular formula is C16H20N2O3. The average Bonchev–Trinajstić information content (AvgIpc) is 2.50. The summed E-state index contributed by atoms with van der Waals surface area (Å²) in [6.45, 7) is 3.24. The molecule has 0 atom stereocenters. The van der Waals surface area contributed by atoms with Gasteiger partial charge in [0, 0.05) is 38.0 Å². The highest BCUT2D eigenvalue weighted by Crippen LogP contribution is 2.20. The van der Waals surface area contributed by atoms with Gasteiger partial charge in [-0.15, -0.1) is 0 Å². The van der Waals surface area contributed by atoms with Crippen LogP contribution in [0, 0.1) is 0 Å². The molecular weight excluding hydrogens is 268 g/mol. The van der Waals surface area contributed by atoms with Crippen molar-refractivity contribution in [2.24, 2.45) is 0 Å². The van der Waals surface area contributed by atoms with Crippen LogP contribution in [0.3, 0.4) is 0 Å². The Bertz CT molecular complexity index is 679. The van der Waals surface area contributed by atoms with E-state index in [2.05, 4.69) is 5.32 Å². The van der Waals surface area contributed by atoms with Crippen LogP contribution in [-0.4, -0.2) is 30.9 Å². The van der Waals surface area contributed by atoms with Crippen LogP contribution in [0.4, 0.5) is 5.69 Å². The highest BCUT2D eigenvalue weighted by molar-refractivity contribution is 5.89. The first kappa shape index (κ1) is 15.1. The van der Waals surface area contributed by atoms with E-state index in [0.29, 0.717) is 25.1 Å². The zero-order valence-electron chi connectivity index (χ0n) is 12.4. The maximum Gasteiger partial charge on any atom is 0.338 e. The molecule has 5 nitrogen and oxygen atoms in total. The minimum absolute atomic E-state index is 0.140. The lowest BCUT2D eigenvalue weighted by molar-refractivity contribution is -0.129. The number of fused-ring (bicyclic) bond motifs is 1. The van der Waals surface area contributed by atoms with Gasteiger partial charge in [0.05, 0.1) is 5.69 Å². The van der Waals surface area contributed by atoms with Gasteiger partial charge in [-0.25, -0.2) is 4.79 Å². The summed E-state index contributed by atoms with van der Waals surface area (Å²) in [7, 11) is 1.80. The molecule has 1 aromatic heterocycles. The van der Waals surface area contributed by atoms with Crippen molar-refractivity contribution >= 4 is 22.6 Å². The van der Waals surface area contributed by atoms with Crippen molar-refractivity contribution in [1.82, 2.24) is 4.90 Å². The number of rotatable bonds is 6. The maximum atomic E-state index is 11.5. The van der Waals surface area contributed by atoms with E-state index in [4.69, 9.17) is 4.42 Å². The fourth-order valence-corrected chi connectivity index (χ4v) is 2.19. The van der Waals surface area contributed by atoms with Gasteiger partial charge in [0.1, 0.15) is 5.58 Å². The summed E-state index contributed by atoms with van der Waals surface area (Å²) in [6.07, 6.45) is 1.34. The molecule has 0 bridgehead atoms. The number of nitrogens with zero attached hydrogens (tertiary/aromatic N) is 1. The number of hydrogen-bond donors (Lipinski definition) is 1. The SMILES string of the molecule is CCC(=O)N(C)CCCNc1cc(=O)oc2ccccc12. The van der Waals surface area contributed by atoms with E-state index in [1.807, 2.05) is 25.1 Å². The molecule has 0 radical (unpaired) electrons. The third-order valence-corrected chi connectivity index (χ3v) is 3.36. The van der Waals surface area contributed by atoms with Gasteiger partial charge in [-0.1, -0.05) is 19.1 Å². The second-order valence-electron chi connectivity index (χ2n) is 4.92. The topological polar surface area (TPSA) is 62.6 Å². The number of carbonyl (C=O) groups is 1. The van der Waals surface area contributed by atoms with E-state index in [9.17, 15) is 9.59 Å². The van der Waals surface area contributed by atoms with E-state index >= 15 is 0 Å². The Labute approximate surface area is 123 Å². The largest absolute Gasteiger partial charge is 0.423 e. The Morgan fingerprint density at radius 1 is 1.33 bits per heavy atom. The Kier molecular flexibility index (Phi) is 4.98. The molecule has 5 heteroatoms. The second kappa shape index (κ2) is 6.92. The molecule has 0 aliphatic heterocycles. The number of nitrogens with one attached hydrogen (secondary N) is 1. The Morgan fingerprint density at radius 2 is 2.10 bits per heavy atom. The van der Waals surface area contributed by atoms with Gasteiger partial charge in [-0.3, -0.25) is 4.79 Å². The summed E-state index contributed by atoms with van der Waals surface area (Å²) in [5, 5.41) is 4.13. The highest BCUT2D eigenvalue weighted by Gasteiger charge is 2.06. The third kappa shape index (κ3) is 3.84. The van der Waals surface area contributed by atoms with Crippen LogP contribution >= 0.6 is 0 Å². The highest BCUT2D eigenvalue weighted by atomic mass is 16.4. The average molecular weight is 288 g/mol. The molecule has 1 N–H and O–H groups in total. The lowest BCUT2D eigenvalue weighted by Gasteiger charge is -2.16. The van der Waals surface area contributed by atoms with E-state index in [1.165, 1.54) is 6.07 Å².